The fraction of sp³-hybridized carbons (Fsp3) is 0.750. The molecule has 0 aromatic rings. The maximum Gasteiger partial charge on any atom is 0.146 e. The molecule has 54 valence electrons. The van der Waals surface area contributed by atoms with Gasteiger partial charge in [0, 0.05) is 5.92 Å². The van der Waals surface area contributed by atoms with Crippen LogP contribution in [0.15, 0.2) is 0 Å². The Labute approximate surface area is 59.6 Å². The second-order valence-electron chi connectivity index (χ2n) is 3.42. The molecule has 0 amide bonds. The van der Waals surface area contributed by atoms with Gasteiger partial charge in [-0.2, -0.15) is 0 Å². The Bertz CT molecular complexity index is 180. The number of fused-ring (bicyclic) bond motifs is 2. The molecule has 0 radical (unpaired) electrons. The lowest BCUT2D eigenvalue weighted by atomic mass is 9.61. The zero-order valence-electron chi connectivity index (χ0n) is 5.75. The first-order valence-electron chi connectivity index (χ1n) is 3.80. The summed E-state index contributed by atoms with van der Waals surface area (Å²) in [6.45, 7) is 0. The Hall–Kier alpha value is -0.660. The van der Waals surface area contributed by atoms with E-state index in [-0.39, 0.29) is 17.6 Å². The van der Waals surface area contributed by atoms with Crippen LogP contribution in [0, 0.1) is 17.8 Å². The summed E-state index contributed by atoms with van der Waals surface area (Å²) in [7, 11) is 0. The molecule has 2 heteroatoms. The Morgan fingerprint density at radius 2 is 2.00 bits per heavy atom. The van der Waals surface area contributed by atoms with Crippen LogP contribution in [-0.2, 0) is 9.59 Å². The second-order valence-corrected chi connectivity index (χ2v) is 3.42. The van der Waals surface area contributed by atoms with Crippen molar-refractivity contribution in [2.75, 3.05) is 0 Å². The topological polar surface area (TPSA) is 34.1 Å². The quantitative estimate of drug-likeness (QED) is 0.396. The van der Waals surface area contributed by atoms with Crippen LogP contribution < -0.4 is 0 Å². The summed E-state index contributed by atoms with van der Waals surface area (Å²) in [6.07, 6.45) is 3.77. The smallest absolute Gasteiger partial charge is 0.146 e. The van der Waals surface area contributed by atoms with Gasteiger partial charge in [-0.3, -0.25) is 4.79 Å². The molecule has 3 fully saturated rings. The van der Waals surface area contributed by atoms with Gasteiger partial charge < -0.3 is 4.79 Å². The third kappa shape index (κ3) is 0.648. The number of ketones is 1. The van der Waals surface area contributed by atoms with Crippen LogP contribution in [0.4, 0.5) is 0 Å². The fourth-order valence-corrected chi connectivity index (χ4v) is 2.06. The number of Topliss-reactive ketones (excluding diaryl/α,β-unsaturated/α-hetero) is 1. The summed E-state index contributed by atoms with van der Waals surface area (Å²) in [5.74, 6) is 0.918. The zero-order chi connectivity index (χ0) is 7.14. The van der Waals surface area contributed by atoms with Crippen LogP contribution in [0.1, 0.15) is 19.3 Å². The van der Waals surface area contributed by atoms with Gasteiger partial charge in [0.2, 0.25) is 0 Å². The second kappa shape index (κ2) is 1.91. The lowest BCUT2D eigenvalue weighted by Gasteiger charge is -2.42. The fourth-order valence-electron chi connectivity index (χ4n) is 2.06. The molecule has 1 atom stereocenters. The molecule has 3 saturated carbocycles. The van der Waals surface area contributed by atoms with E-state index in [1.807, 2.05) is 0 Å². The van der Waals surface area contributed by atoms with Gasteiger partial charge in [-0.15, -0.1) is 0 Å². The maximum absolute atomic E-state index is 11.2. The van der Waals surface area contributed by atoms with E-state index in [0.717, 1.165) is 25.5 Å². The molecular formula is C8H10O2. The summed E-state index contributed by atoms with van der Waals surface area (Å²) >= 11 is 0. The molecule has 0 heterocycles. The molecule has 3 rings (SSSR count). The van der Waals surface area contributed by atoms with E-state index < -0.39 is 0 Å². The van der Waals surface area contributed by atoms with E-state index in [1.165, 1.54) is 0 Å². The van der Waals surface area contributed by atoms with E-state index >= 15 is 0 Å². The zero-order valence-corrected chi connectivity index (χ0v) is 5.75. The van der Waals surface area contributed by atoms with Crippen LogP contribution in [0.2, 0.25) is 0 Å². The van der Waals surface area contributed by atoms with Gasteiger partial charge in [0.05, 0.1) is 5.92 Å². The van der Waals surface area contributed by atoms with Crippen molar-refractivity contribution in [1.82, 2.24) is 0 Å². The minimum absolute atomic E-state index is 0.206. The Morgan fingerprint density at radius 1 is 1.30 bits per heavy atom. The number of carbonyl (C=O) groups is 2. The SMILES string of the molecule is O=CC1CC2CC(C2)C1=O. The third-order valence-corrected chi connectivity index (χ3v) is 2.76. The number of rotatable bonds is 1. The summed E-state index contributed by atoms with van der Waals surface area (Å²) in [5.41, 5.74) is 0. The normalized spacial score (nSPS) is 44.4. The van der Waals surface area contributed by atoms with Crippen molar-refractivity contribution in [2.24, 2.45) is 17.8 Å². The molecule has 1 unspecified atom stereocenters. The van der Waals surface area contributed by atoms with Crippen LogP contribution in [0.5, 0.6) is 0 Å². The van der Waals surface area contributed by atoms with Crippen molar-refractivity contribution < 1.29 is 9.59 Å². The summed E-state index contributed by atoms with van der Waals surface area (Å²) in [6, 6.07) is 0. The highest BCUT2D eigenvalue weighted by Gasteiger charge is 2.44. The first-order valence-corrected chi connectivity index (χ1v) is 3.80. The molecule has 0 saturated heterocycles. The highest BCUT2D eigenvalue weighted by Crippen LogP contribution is 2.45. The van der Waals surface area contributed by atoms with E-state index in [2.05, 4.69) is 0 Å². The van der Waals surface area contributed by atoms with Crippen molar-refractivity contribution >= 4 is 12.1 Å². The average Bonchev–Trinajstić information content (AvgIpc) is 1.85. The van der Waals surface area contributed by atoms with Crippen molar-refractivity contribution in [3.05, 3.63) is 0 Å². The molecule has 3 aliphatic carbocycles. The van der Waals surface area contributed by atoms with Gasteiger partial charge in [0.15, 0.2) is 0 Å². The van der Waals surface area contributed by atoms with Crippen LogP contribution in [-0.4, -0.2) is 12.1 Å². The van der Waals surface area contributed by atoms with Crippen LogP contribution in [0.25, 0.3) is 0 Å². The first kappa shape index (κ1) is 6.08. The van der Waals surface area contributed by atoms with Crippen molar-refractivity contribution in [3.8, 4) is 0 Å². The van der Waals surface area contributed by atoms with E-state index in [1.54, 1.807) is 0 Å². The molecular weight excluding hydrogens is 128 g/mol. The standard InChI is InChI=1S/C8H10O2/c9-4-7-3-5-1-6(2-5)8(7)10/h4-7H,1-3H2. The minimum Gasteiger partial charge on any atom is -0.303 e. The lowest BCUT2D eigenvalue weighted by Crippen LogP contribution is -2.43. The monoisotopic (exact) mass is 138 g/mol. The number of hydrogen-bond acceptors (Lipinski definition) is 2. The van der Waals surface area contributed by atoms with Gasteiger partial charge in [0.1, 0.15) is 12.1 Å². The van der Waals surface area contributed by atoms with Crippen LogP contribution >= 0.6 is 0 Å². The van der Waals surface area contributed by atoms with Gasteiger partial charge in [-0.1, -0.05) is 0 Å². The predicted octanol–water partition coefficient (Wildman–Crippen LogP) is 0.800. The van der Waals surface area contributed by atoms with Crippen LogP contribution in [0.3, 0.4) is 0 Å². The molecule has 10 heavy (non-hydrogen) atoms. The van der Waals surface area contributed by atoms with E-state index in [4.69, 9.17) is 0 Å². The molecule has 0 aromatic carbocycles. The molecule has 2 bridgehead atoms. The minimum atomic E-state index is -0.238. The molecule has 0 spiro atoms. The van der Waals surface area contributed by atoms with E-state index in [9.17, 15) is 9.59 Å². The molecule has 3 aliphatic rings. The highest BCUT2D eigenvalue weighted by atomic mass is 16.1. The number of aldehydes is 1. The number of carbonyl (C=O) groups excluding carboxylic acids is 2. The lowest BCUT2D eigenvalue weighted by molar-refractivity contribution is -0.140. The Balaban J connectivity index is 2.13. The van der Waals surface area contributed by atoms with Crippen molar-refractivity contribution in [2.45, 2.75) is 19.3 Å². The summed E-state index contributed by atoms with van der Waals surface area (Å²) in [4.78, 5) is 21.5. The van der Waals surface area contributed by atoms with E-state index in [0.29, 0.717) is 5.92 Å². The maximum atomic E-state index is 11.2. The summed E-state index contributed by atoms with van der Waals surface area (Å²) < 4.78 is 0. The first-order chi connectivity index (χ1) is 4.81. The Kier molecular flexibility index (Phi) is 1.16. The van der Waals surface area contributed by atoms with Gasteiger partial charge in [-0.05, 0) is 25.2 Å². The van der Waals surface area contributed by atoms with Gasteiger partial charge in [-0.25, -0.2) is 0 Å². The van der Waals surface area contributed by atoms with Crippen molar-refractivity contribution in [3.63, 3.8) is 0 Å². The summed E-state index contributed by atoms with van der Waals surface area (Å²) in [5, 5.41) is 0. The highest BCUT2D eigenvalue weighted by molar-refractivity contribution is 5.96. The predicted molar refractivity (Wildman–Crippen MR) is 35.4 cm³/mol. The number of hydrogen-bond donors (Lipinski definition) is 0. The Morgan fingerprint density at radius 3 is 2.40 bits per heavy atom. The average molecular weight is 138 g/mol. The van der Waals surface area contributed by atoms with Crippen molar-refractivity contribution in [1.29, 1.82) is 0 Å². The third-order valence-electron chi connectivity index (χ3n) is 2.76. The molecule has 0 aromatic heterocycles. The molecule has 0 aliphatic heterocycles. The molecule has 2 nitrogen and oxygen atoms in total. The van der Waals surface area contributed by atoms with Gasteiger partial charge >= 0.3 is 0 Å². The molecule has 0 N–H and O–H groups in total. The van der Waals surface area contributed by atoms with Gasteiger partial charge in [0.25, 0.3) is 0 Å². The largest absolute Gasteiger partial charge is 0.303 e.